The molecular formula is C23H24N4O4. The Kier molecular flexibility index (Phi) is 6.71. The van der Waals surface area contributed by atoms with Gasteiger partial charge < -0.3 is 26.4 Å². The standard InChI is InChI=1S/C23H24N4O4/c24-22(30)21(29)15-17-3-1-16(2-4-17)5-10-20(28)18-6-8-19(9-7-18)26-11-13-27(14-12-26)23(25)31/h1-10,15,29H,11-14H2,(H2,24,30)(H2,25,31)/b10-5+,21-15+. The molecule has 0 saturated carbocycles. The van der Waals surface area contributed by atoms with Crippen LogP contribution in [-0.2, 0) is 4.79 Å². The van der Waals surface area contributed by atoms with E-state index in [1.54, 1.807) is 47.4 Å². The van der Waals surface area contributed by atoms with E-state index in [2.05, 4.69) is 4.90 Å². The van der Waals surface area contributed by atoms with Gasteiger partial charge in [-0.2, -0.15) is 0 Å². The molecule has 5 N–H and O–H groups in total. The molecule has 0 atom stereocenters. The van der Waals surface area contributed by atoms with Crippen molar-refractivity contribution in [3.8, 4) is 0 Å². The largest absolute Gasteiger partial charge is 0.503 e. The van der Waals surface area contributed by atoms with Crippen molar-refractivity contribution in [2.24, 2.45) is 11.5 Å². The lowest BCUT2D eigenvalue weighted by molar-refractivity contribution is -0.116. The second kappa shape index (κ2) is 9.62. The van der Waals surface area contributed by atoms with E-state index in [0.29, 0.717) is 37.3 Å². The number of rotatable bonds is 6. The first-order valence-corrected chi connectivity index (χ1v) is 9.76. The molecule has 1 saturated heterocycles. The summed E-state index contributed by atoms with van der Waals surface area (Å²) in [5, 5.41) is 9.39. The zero-order valence-electron chi connectivity index (χ0n) is 16.9. The third-order valence-electron chi connectivity index (χ3n) is 5.03. The lowest BCUT2D eigenvalue weighted by atomic mass is 10.1. The summed E-state index contributed by atoms with van der Waals surface area (Å²) < 4.78 is 0. The lowest BCUT2D eigenvalue weighted by Crippen LogP contribution is -2.50. The summed E-state index contributed by atoms with van der Waals surface area (Å²) >= 11 is 0. The summed E-state index contributed by atoms with van der Waals surface area (Å²) in [4.78, 5) is 38.3. The van der Waals surface area contributed by atoms with Crippen LogP contribution in [0.5, 0.6) is 0 Å². The van der Waals surface area contributed by atoms with Crippen LogP contribution >= 0.6 is 0 Å². The Morgan fingerprint density at radius 3 is 1.97 bits per heavy atom. The predicted molar refractivity (Wildman–Crippen MR) is 119 cm³/mol. The molecule has 3 amide bonds. The van der Waals surface area contributed by atoms with Crippen LogP contribution < -0.4 is 16.4 Å². The molecule has 8 heteroatoms. The van der Waals surface area contributed by atoms with Gasteiger partial charge in [-0.15, -0.1) is 0 Å². The number of carbonyl (C=O) groups is 3. The fraction of sp³-hybridized carbons (Fsp3) is 0.174. The normalized spacial score (nSPS) is 14.6. The summed E-state index contributed by atoms with van der Waals surface area (Å²) in [5.41, 5.74) is 13.3. The quantitative estimate of drug-likeness (QED) is 0.375. The highest BCUT2D eigenvalue weighted by atomic mass is 16.3. The van der Waals surface area contributed by atoms with Crippen molar-refractivity contribution in [1.29, 1.82) is 0 Å². The Morgan fingerprint density at radius 2 is 1.42 bits per heavy atom. The molecule has 1 aliphatic heterocycles. The number of urea groups is 1. The van der Waals surface area contributed by atoms with Gasteiger partial charge in [0.25, 0.3) is 5.91 Å². The van der Waals surface area contributed by atoms with Crippen molar-refractivity contribution < 1.29 is 19.5 Å². The van der Waals surface area contributed by atoms with Gasteiger partial charge in [0.15, 0.2) is 11.5 Å². The molecule has 0 unspecified atom stereocenters. The van der Waals surface area contributed by atoms with Crippen LogP contribution in [0, 0.1) is 0 Å². The number of piperazine rings is 1. The fourth-order valence-electron chi connectivity index (χ4n) is 3.22. The number of anilines is 1. The maximum Gasteiger partial charge on any atom is 0.314 e. The second-order valence-corrected chi connectivity index (χ2v) is 7.12. The van der Waals surface area contributed by atoms with Crippen LogP contribution in [-0.4, -0.2) is 53.9 Å². The van der Waals surface area contributed by atoms with Gasteiger partial charge in [-0.05, 0) is 47.5 Å². The number of nitrogens with zero attached hydrogens (tertiary/aromatic N) is 2. The number of carbonyl (C=O) groups excluding carboxylic acids is 3. The molecule has 160 valence electrons. The van der Waals surface area contributed by atoms with E-state index < -0.39 is 17.7 Å². The van der Waals surface area contributed by atoms with Gasteiger partial charge in [0, 0.05) is 37.4 Å². The van der Waals surface area contributed by atoms with Gasteiger partial charge in [-0.1, -0.05) is 30.3 Å². The Hall–Kier alpha value is -4.07. The molecule has 8 nitrogen and oxygen atoms in total. The first-order valence-electron chi connectivity index (χ1n) is 9.76. The molecule has 1 fully saturated rings. The van der Waals surface area contributed by atoms with Crippen LogP contribution in [0.1, 0.15) is 21.5 Å². The molecule has 2 aromatic rings. The number of benzene rings is 2. The Morgan fingerprint density at radius 1 is 0.839 bits per heavy atom. The number of nitrogens with two attached hydrogens (primary N) is 2. The van der Waals surface area contributed by atoms with Crippen molar-refractivity contribution in [2.45, 2.75) is 0 Å². The fourth-order valence-corrected chi connectivity index (χ4v) is 3.22. The predicted octanol–water partition coefficient (Wildman–Crippen LogP) is 2.17. The maximum absolute atomic E-state index is 12.5. The van der Waals surface area contributed by atoms with Gasteiger partial charge in [-0.3, -0.25) is 9.59 Å². The molecule has 2 aromatic carbocycles. The van der Waals surface area contributed by atoms with E-state index in [-0.39, 0.29) is 5.78 Å². The lowest BCUT2D eigenvalue weighted by Gasteiger charge is -2.35. The Bertz CT molecular complexity index is 1020. The first-order chi connectivity index (χ1) is 14.8. The van der Waals surface area contributed by atoms with E-state index in [1.807, 2.05) is 12.1 Å². The second-order valence-electron chi connectivity index (χ2n) is 7.12. The van der Waals surface area contributed by atoms with E-state index >= 15 is 0 Å². The van der Waals surface area contributed by atoms with Gasteiger partial charge in [0.05, 0.1) is 0 Å². The summed E-state index contributed by atoms with van der Waals surface area (Å²) in [6.07, 6.45) is 4.46. The summed E-state index contributed by atoms with van der Waals surface area (Å²) in [5.74, 6) is -1.54. The van der Waals surface area contributed by atoms with Gasteiger partial charge in [-0.25, -0.2) is 4.79 Å². The minimum absolute atomic E-state index is 0.125. The molecule has 3 rings (SSSR count). The number of hydrogen-bond donors (Lipinski definition) is 3. The van der Waals surface area contributed by atoms with E-state index in [4.69, 9.17) is 11.5 Å². The SMILES string of the molecule is NC(=O)/C(O)=C\c1ccc(/C=C/C(=O)c2ccc(N3CCN(C(N)=O)CC3)cc2)cc1. The van der Waals surface area contributed by atoms with E-state index in [0.717, 1.165) is 11.3 Å². The number of amides is 3. The Balaban J connectivity index is 1.59. The molecule has 0 spiro atoms. The topological polar surface area (TPSA) is 130 Å². The molecule has 31 heavy (non-hydrogen) atoms. The molecule has 1 heterocycles. The van der Waals surface area contributed by atoms with E-state index in [9.17, 15) is 19.5 Å². The van der Waals surface area contributed by atoms with Crippen molar-refractivity contribution in [2.75, 3.05) is 31.1 Å². The maximum atomic E-state index is 12.5. The summed E-state index contributed by atoms with van der Waals surface area (Å²) in [6.45, 7) is 2.54. The third-order valence-corrected chi connectivity index (χ3v) is 5.03. The van der Waals surface area contributed by atoms with Crippen LogP contribution in [0.4, 0.5) is 10.5 Å². The molecule has 1 aliphatic rings. The highest BCUT2D eigenvalue weighted by Gasteiger charge is 2.19. The highest BCUT2D eigenvalue weighted by molar-refractivity contribution is 6.07. The monoisotopic (exact) mass is 420 g/mol. The molecule has 0 radical (unpaired) electrons. The average molecular weight is 420 g/mol. The van der Waals surface area contributed by atoms with Crippen molar-refractivity contribution in [3.63, 3.8) is 0 Å². The Labute approximate surface area is 180 Å². The summed E-state index contributed by atoms with van der Waals surface area (Å²) in [7, 11) is 0. The summed E-state index contributed by atoms with van der Waals surface area (Å²) in [6, 6.07) is 13.9. The number of hydrogen-bond acceptors (Lipinski definition) is 5. The molecule has 0 bridgehead atoms. The smallest absolute Gasteiger partial charge is 0.314 e. The number of allylic oxidation sites excluding steroid dienone is 1. The minimum atomic E-state index is -0.895. The third kappa shape index (κ3) is 5.72. The molecule has 0 aliphatic carbocycles. The van der Waals surface area contributed by atoms with Gasteiger partial charge in [0.2, 0.25) is 0 Å². The van der Waals surface area contributed by atoms with Crippen LogP contribution in [0.2, 0.25) is 0 Å². The highest BCUT2D eigenvalue weighted by Crippen LogP contribution is 2.18. The number of ketones is 1. The van der Waals surface area contributed by atoms with Gasteiger partial charge in [0.1, 0.15) is 0 Å². The van der Waals surface area contributed by atoms with Crippen LogP contribution in [0.25, 0.3) is 12.2 Å². The minimum Gasteiger partial charge on any atom is -0.503 e. The van der Waals surface area contributed by atoms with Gasteiger partial charge >= 0.3 is 6.03 Å². The molecular weight excluding hydrogens is 396 g/mol. The van der Waals surface area contributed by atoms with Crippen molar-refractivity contribution >= 4 is 35.6 Å². The number of aliphatic hydroxyl groups excluding tert-OH is 1. The average Bonchev–Trinajstić information content (AvgIpc) is 2.78. The van der Waals surface area contributed by atoms with Crippen molar-refractivity contribution in [3.05, 3.63) is 77.1 Å². The number of primary amides is 2. The first kappa shape index (κ1) is 21.6. The van der Waals surface area contributed by atoms with E-state index in [1.165, 1.54) is 12.2 Å². The zero-order valence-corrected chi connectivity index (χ0v) is 16.9. The number of aliphatic hydroxyl groups is 1. The van der Waals surface area contributed by atoms with Crippen LogP contribution in [0.3, 0.4) is 0 Å². The zero-order chi connectivity index (χ0) is 22.4. The van der Waals surface area contributed by atoms with Crippen LogP contribution in [0.15, 0.2) is 60.4 Å². The van der Waals surface area contributed by atoms with Crippen molar-refractivity contribution in [1.82, 2.24) is 4.90 Å². The molecule has 0 aromatic heterocycles.